The van der Waals surface area contributed by atoms with Crippen molar-refractivity contribution >= 4 is 5.91 Å². The van der Waals surface area contributed by atoms with Crippen molar-refractivity contribution in [1.29, 1.82) is 0 Å². The maximum absolute atomic E-state index is 12.4. The van der Waals surface area contributed by atoms with E-state index in [2.05, 4.69) is 10.3 Å². The number of hydrogen-bond donors (Lipinski definition) is 3. The number of ether oxygens (including phenoxy) is 1. The molecule has 2 aromatic carbocycles. The Hall–Kier alpha value is -3.38. The molecular weight excluding hydrogens is 368 g/mol. The number of hydrogen-bond acceptors (Lipinski definition) is 4. The SMILES string of the molecule is CC(C)Oc1cccc(C(O)CNC(=O)c2ccc(-c3ccccc3)[nH]c2=O)c1. The van der Waals surface area contributed by atoms with Crippen LogP contribution in [0, 0.1) is 0 Å². The van der Waals surface area contributed by atoms with Crippen molar-refractivity contribution in [1.82, 2.24) is 10.3 Å². The van der Waals surface area contributed by atoms with Gasteiger partial charge in [0.1, 0.15) is 11.3 Å². The van der Waals surface area contributed by atoms with E-state index in [9.17, 15) is 14.7 Å². The lowest BCUT2D eigenvalue weighted by atomic mass is 10.1. The molecule has 0 bridgehead atoms. The molecule has 3 aromatic rings. The Morgan fingerprint density at radius 3 is 2.52 bits per heavy atom. The number of rotatable bonds is 7. The number of aliphatic hydroxyl groups excluding tert-OH is 1. The molecule has 0 aliphatic rings. The molecule has 0 saturated carbocycles. The quantitative estimate of drug-likeness (QED) is 0.575. The summed E-state index contributed by atoms with van der Waals surface area (Å²) in [5, 5.41) is 13.0. The first-order chi connectivity index (χ1) is 13.9. The molecule has 6 nitrogen and oxygen atoms in total. The molecular formula is C23H24N2O4. The molecule has 150 valence electrons. The summed E-state index contributed by atoms with van der Waals surface area (Å²) in [4.78, 5) is 27.4. The van der Waals surface area contributed by atoms with E-state index in [0.29, 0.717) is 17.0 Å². The van der Waals surface area contributed by atoms with Crippen molar-refractivity contribution in [2.75, 3.05) is 6.54 Å². The van der Waals surface area contributed by atoms with E-state index in [1.807, 2.05) is 50.2 Å². The van der Waals surface area contributed by atoms with Gasteiger partial charge < -0.3 is 20.1 Å². The highest BCUT2D eigenvalue weighted by atomic mass is 16.5. The van der Waals surface area contributed by atoms with Gasteiger partial charge >= 0.3 is 0 Å². The minimum absolute atomic E-state index is 0.00577. The lowest BCUT2D eigenvalue weighted by molar-refractivity contribution is 0.0914. The monoisotopic (exact) mass is 392 g/mol. The second kappa shape index (κ2) is 9.21. The number of nitrogens with one attached hydrogen (secondary N) is 2. The van der Waals surface area contributed by atoms with E-state index in [1.54, 1.807) is 24.3 Å². The van der Waals surface area contributed by atoms with Crippen molar-refractivity contribution < 1.29 is 14.6 Å². The zero-order chi connectivity index (χ0) is 20.8. The third kappa shape index (κ3) is 5.33. The molecule has 6 heteroatoms. The standard InChI is InChI=1S/C23H24N2O4/c1-15(2)29-18-10-6-9-17(13-18)21(26)14-24-22(27)19-11-12-20(25-23(19)28)16-7-4-3-5-8-16/h3-13,15,21,26H,14H2,1-2H3,(H,24,27)(H,25,28). The minimum Gasteiger partial charge on any atom is -0.491 e. The summed E-state index contributed by atoms with van der Waals surface area (Å²) < 4.78 is 5.62. The van der Waals surface area contributed by atoms with Gasteiger partial charge in [0.05, 0.1) is 12.2 Å². The van der Waals surface area contributed by atoms with Gasteiger partial charge in [-0.3, -0.25) is 9.59 Å². The topological polar surface area (TPSA) is 91.4 Å². The van der Waals surface area contributed by atoms with Gasteiger partial charge in [0.15, 0.2) is 0 Å². The van der Waals surface area contributed by atoms with Crippen LogP contribution in [0.1, 0.15) is 35.9 Å². The molecule has 0 aliphatic heterocycles. The van der Waals surface area contributed by atoms with Crippen molar-refractivity contribution in [2.24, 2.45) is 0 Å². The highest BCUT2D eigenvalue weighted by Gasteiger charge is 2.15. The molecule has 0 spiro atoms. The van der Waals surface area contributed by atoms with Crippen LogP contribution in [0.2, 0.25) is 0 Å². The van der Waals surface area contributed by atoms with Crippen LogP contribution in [0.4, 0.5) is 0 Å². The van der Waals surface area contributed by atoms with Crippen LogP contribution in [-0.4, -0.2) is 28.6 Å². The molecule has 1 aromatic heterocycles. The largest absolute Gasteiger partial charge is 0.491 e. The lowest BCUT2D eigenvalue weighted by Crippen LogP contribution is -2.32. The van der Waals surface area contributed by atoms with Crippen molar-refractivity contribution in [3.05, 3.63) is 88.2 Å². The van der Waals surface area contributed by atoms with Crippen LogP contribution in [0.25, 0.3) is 11.3 Å². The summed E-state index contributed by atoms with van der Waals surface area (Å²) in [5.41, 5.74) is 1.63. The summed E-state index contributed by atoms with van der Waals surface area (Å²) >= 11 is 0. The predicted octanol–water partition coefficient (Wildman–Crippen LogP) is 3.29. The number of carbonyl (C=O) groups excluding carboxylic acids is 1. The Morgan fingerprint density at radius 2 is 1.83 bits per heavy atom. The summed E-state index contributed by atoms with van der Waals surface area (Å²) in [6.07, 6.45) is -0.898. The van der Waals surface area contributed by atoms with Gasteiger partial charge in [0.25, 0.3) is 11.5 Å². The third-order valence-electron chi connectivity index (χ3n) is 4.31. The first-order valence-electron chi connectivity index (χ1n) is 9.45. The fourth-order valence-corrected chi connectivity index (χ4v) is 2.91. The van der Waals surface area contributed by atoms with E-state index in [4.69, 9.17) is 4.74 Å². The van der Waals surface area contributed by atoms with E-state index in [0.717, 1.165) is 5.56 Å². The zero-order valence-electron chi connectivity index (χ0n) is 16.4. The summed E-state index contributed by atoms with van der Waals surface area (Å²) in [6, 6.07) is 19.6. The van der Waals surface area contributed by atoms with Crippen molar-refractivity contribution in [3.63, 3.8) is 0 Å². The van der Waals surface area contributed by atoms with Gasteiger partial charge in [-0.15, -0.1) is 0 Å². The molecule has 3 rings (SSSR count). The maximum Gasteiger partial charge on any atom is 0.261 e. The van der Waals surface area contributed by atoms with Crippen LogP contribution < -0.4 is 15.6 Å². The second-order valence-corrected chi connectivity index (χ2v) is 6.95. The molecule has 29 heavy (non-hydrogen) atoms. The normalized spacial score (nSPS) is 11.9. The molecule has 3 N–H and O–H groups in total. The average Bonchev–Trinajstić information content (AvgIpc) is 2.72. The molecule has 1 unspecified atom stereocenters. The summed E-state index contributed by atoms with van der Waals surface area (Å²) in [7, 11) is 0. The first kappa shape index (κ1) is 20.4. The third-order valence-corrected chi connectivity index (χ3v) is 4.31. The molecule has 0 radical (unpaired) electrons. The van der Waals surface area contributed by atoms with Crippen LogP contribution in [0.15, 0.2) is 71.5 Å². The van der Waals surface area contributed by atoms with Gasteiger partial charge in [0.2, 0.25) is 0 Å². The van der Waals surface area contributed by atoms with Crippen LogP contribution in [0.5, 0.6) is 5.75 Å². The van der Waals surface area contributed by atoms with Gasteiger partial charge in [0, 0.05) is 12.2 Å². The van der Waals surface area contributed by atoms with Gasteiger partial charge in [-0.25, -0.2) is 0 Å². The number of H-pyrrole nitrogens is 1. The molecule has 1 amide bonds. The van der Waals surface area contributed by atoms with Crippen LogP contribution in [0.3, 0.4) is 0 Å². The van der Waals surface area contributed by atoms with E-state index in [-0.39, 0.29) is 18.2 Å². The Morgan fingerprint density at radius 1 is 1.07 bits per heavy atom. The highest BCUT2D eigenvalue weighted by Crippen LogP contribution is 2.20. The first-order valence-corrected chi connectivity index (χ1v) is 9.45. The Kier molecular flexibility index (Phi) is 6.46. The Labute approximate surface area is 169 Å². The summed E-state index contributed by atoms with van der Waals surface area (Å²) in [5.74, 6) is 0.107. The molecule has 0 aliphatic carbocycles. The van der Waals surface area contributed by atoms with E-state index in [1.165, 1.54) is 6.07 Å². The highest BCUT2D eigenvalue weighted by molar-refractivity contribution is 5.94. The second-order valence-electron chi connectivity index (χ2n) is 6.95. The van der Waals surface area contributed by atoms with Crippen LogP contribution in [-0.2, 0) is 0 Å². The van der Waals surface area contributed by atoms with Gasteiger partial charge in [-0.2, -0.15) is 0 Å². The number of benzene rings is 2. The van der Waals surface area contributed by atoms with Crippen molar-refractivity contribution in [3.8, 4) is 17.0 Å². The zero-order valence-corrected chi connectivity index (χ0v) is 16.4. The molecule has 0 saturated heterocycles. The number of aromatic nitrogens is 1. The Balaban J connectivity index is 1.65. The van der Waals surface area contributed by atoms with Crippen molar-refractivity contribution in [2.45, 2.75) is 26.1 Å². The lowest BCUT2D eigenvalue weighted by Gasteiger charge is -2.15. The molecule has 1 heterocycles. The van der Waals surface area contributed by atoms with Gasteiger partial charge in [-0.1, -0.05) is 42.5 Å². The fourth-order valence-electron chi connectivity index (χ4n) is 2.91. The van der Waals surface area contributed by atoms with E-state index >= 15 is 0 Å². The fraction of sp³-hybridized carbons (Fsp3) is 0.217. The van der Waals surface area contributed by atoms with Crippen LogP contribution >= 0.6 is 0 Å². The smallest absolute Gasteiger partial charge is 0.261 e. The molecule has 0 fully saturated rings. The number of aromatic amines is 1. The Bertz CT molecular complexity index is 1030. The number of amides is 1. The average molecular weight is 392 g/mol. The summed E-state index contributed by atoms with van der Waals surface area (Å²) in [6.45, 7) is 3.82. The maximum atomic E-state index is 12.4. The number of pyridine rings is 1. The number of carbonyl (C=O) groups is 1. The minimum atomic E-state index is -0.919. The van der Waals surface area contributed by atoms with E-state index < -0.39 is 17.6 Å². The number of aliphatic hydroxyl groups is 1. The molecule has 1 atom stereocenters. The van der Waals surface area contributed by atoms with Gasteiger partial charge in [-0.05, 0) is 49.2 Å². The predicted molar refractivity (Wildman–Crippen MR) is 112 cm³/mol.